The van der Waals surface area contributed by atoms with E-state index in [0.29, 0.717) is 11.3 Å². The molecule has 2 atom stereocenters. The second kappa shape index (κ2) is 6.25. The van der Waals surface area contributed by atoms with Gasteiger partial charge in [0.25, 0.3) is 5.22 Å². The van der Waals surface area contributed by atoms with E-state index in [-0.39, 0.29) is 0 Å². The molecule has 1 aromatic heterocycles. The molecule has 2 aromatic rings. The summed E-state index contributed by atoms with van der Waals surface area (Å²) in [6.45, 7) is 7.56. The van der Waals surface area contributed by atoms with Gasteiger partial charge in [0.1, 0.15) is 5.52 Å². The molecule has 0 fully saturated rings. The molecule has 1 N–H and O–H groups in total. The zero-order valence-corrected chi connectivity index (χ0v) is 12.0. The van der Waals surface area contributed by atoms with Gasteiger partial charge in [-0.3, -0.25) is 0 Å². The molecule has 0 spiro atoms. The van der Waals surface area contributed by atoms with Crippen LogP contribution < -0.4 is 5.32 Å². The average molecular weight is 264 g/mol. The molecule has 1 heterocycles. The average Bonchev–Trinajstić information content (AvgIpc) is 2.77. The van der Waals surface area contributed by atoms with Gasteiger partial charge in [0.05, 0.1) is 0 Å². The standard InChI is InChI=1S/C14H20N2OS/c1-4-10(2)15-9-11(3)18-14-16-12-7-5-6-8-13(12)17-14/h5-8,10-11,15H,4,9H2,1-3H3. The second-order valence-corrected chi connectivity index (χ2v) is 5.98. The predicted molar refractivity (Wildman–Crippen MR) is 77.1 cm³/mol. The lowest BCUT2D eigenvalue weighted by Crippen LogP contribution is -2.30. The maximum atomic E-state index is 5.70. The van der Waals surface area contributed by atoms with Crippen molar-refractivity contribution in [2.45, 2.75) is 43.7 Å². The van der Waals surface area contributed by atoms with Crippen molar-refractivity contribution in [3.8, 4) is 0 Å². The summed E-state index contributed by atoms with van der Waals surface area (Å²) in [6, 6.07) is 8.44. The molecule has 0 aliphatic heterocycles. The highest BCUT2D eigenvalue weighted by atomic mass is 32.2. The van der Waals surface area contributed by atoms with Crippen LogP contribution in [-0.4, -0.2) is 22.8 Å². The first kappa shape index (κ1) is 13.4. The molecule has 2 unspecified atom stereocenters. The number of fused-ring (bicyclic) bond motifs is 1. The van der Waals surface area contributed by atoms with Crippen LogP contribution in [0.2, 0.25) is 0 Å². The molecule has 98 valence electrons. The Hall–Kier alpha value is -1.00. The van der Waals surface area contributed by atoms with Gasteiger partial charge in [-0.1, -0.05) is 37.7 Å². The van der Waals surface area contributed by atoms with E-state index in [4.69, 9.17) is 4.42 Å². The highest BCUT2D eigenvalue weighted by Gasteiger charge is 2.11. The minimum Gasteiger partial charge on any atom is -0.431 e. The number of benzene rings is 1. The molecule has 4 heteroatoms. The summed E-state index contributed by atoms with van der Waals surface area (Å²) in [5, 5.41) is 4.71. The van der Waals surface area contributed by atoms with Crippen molar-refractivity contribution in [2.75, 3.05) is 6.54 Å². The first-order valence-electron chi connectivity index (χ1n) is 6.44. The number of oxazole rings is 1. The van der Waals surface area contributed by atoms with E-state index < -0.39 is 0 Å². The van der Waals surface area contributed by atoms with Gasteiger partial charge in [0, 0.05) is 17.8 Å². The summed E-state index contributed by atoms with van der Waals surface area (Å²) in [4.78, 5) is 4.47. The minimum atomic E-state index is 0.451. The number of hydrogen-bond acceptors (Lipinski definition) is 4. The molecule has 0 aliphatic rings. The Morgan fingerprint density at radius 1 is 1.33 bits per heavy atom. The number of thioether (sulfide) groups is 1. The van der Waals surface area contributed by atoms with Gasteiger partial charge < -0.3 is 9.73 Å². The van der Waals surface area contributed by atoms with Gasteiger partial charge in [0.2, 0.25) is 0 Å². The quantitative estimate of drug-likeness (QED) is 0.807. The zero-order valence-electron chi connectivity index (χ0n) is 11.1. The van der Waals surface area contributed by atoms with E-state index in [1.165, 1.54) is 0 Å². The van der Waals surface area contributed by atoms with E-state index in [1.54, 1.807) is 11.8 Å². The van der Waals surface area contributed by atoms with Crippen LogP contribution in [0.25, 0.3) is 11.1 Å². The second-order valence-electron chi connectivity index (χ2n) is 4.59. The van der Waals surface area contributed by atoms with Gasteiger partial charge in [-0.25, -0.2) is 4.98 Å². The zero-order chi connectivity index (χ0) is 13.0. The van der Waals surface area contributed by atoms with Crippen molar-refractivity contribution in [3.63, 3.8) is 0 Å². The fraction of sp³-hybridized carbons (Fsp3) is 0.500. The van der Waals surface area contributed by atoms with Gasteiger partial charge >= 0.3 is 0 Å². The third-order valence-corrected chi connectivity index (χ3v) is 3.89. The van der Waals surface area contributed by atoms with Crippen LogP contribution >= 0.6 is 11.8 Å². The number of para-hydroxylation sites is 2. The topological polar surface area (TPSA) is 38.1 Å². The highest BCUT2D eigenvalue weighted by Crippen LogP contribution is 2.26. The Balaban J connectivity index is 1.92. The Bertz CT molecular complexity index is 464. The lowest BCUT2D eigenvalue weighted by atomic mass is 10.2. The van der Waals surface area contributed by atoms with E-state index in [1.807, 2.05) is 24.3 Å². The van der Waals surface area contributed by atoms with Gasteiger partial charge in [-0.15, -0.1) is 0 Å². The first-order valence-corrected chi connectivity index (χ1v) is 7.32. The summed E-state index contributed by atoms with van der Waals surface area (Å²) < 4.78 is 5.70. The molecule has 3 nitrogen and oxygen atoms in total. The van der Waals surface area contributed by atoms with Gasteiger partial charge in [0.15, 0.2) is 5.58 Å². The van der Waals surface area contributed by atoms with Gasteiger partial charge in [-0.2, -0.15) is 0 Å². The number of aromatic nitrogens is 1. The van der Waals surface area contributed by atoms with Crippen molar-refractivity contribution in [1.82, 2.24) is 10.3 Å². The minimum absolute atomic E-state index is 0.451. The molecule has 18 heavy (non-hydrogen) atoms. The van der Waals surface area contributed by atoms with Crippen LogP contribution in [0.5, 0.6) is 0 Å². The molecule has 1 aromatic carbocycles. The lowest BCUT2D eigenvalue weighted by Gasteiger charge is -2.14. The predicted octanol–water partition coefficient (Wildman–Crippen LogP) is 3.70. The van der Waals surface area contributed by atoms with Crippen LogP contribution in [0.1, 0.15) is 27.2 Å². The fourth-order valence-corrected chi connectivity index (χ4v) is 2.44. The molecule has 0 aliphatic carbocycles. The molecule has 0 amide bonds. The fourth-order valence-electron chi connectivity index (χ4n) is 1.63. The summed E-state index contributed by atoms with van der Waals surface area (Å²) in [6.07, 6.45) is 1.15. The van der Waals surface area contributed by atoms with E-state index in [0.717, 1.165) is 29.3 Å². The van der Waals surface area contributed by atoms with Crippen LogP contribution in [-0.2, 0) is 0 Å². The first-order chi connectivity index (χ1) is 8.69. The maximum Gasteiger partial charge on any atom is 0.257 e. The van der Waals surface area contributed by atoms with Crippen molar-refractivity contribution in [2.24, 2.45) is 0 Å². The molecule has 0 radical (unpaired) electrons. The third-order valence-electron chi connectivity index (χ3n) is 2.94. The molecule has 0 bridgehead atoms. The van der Waals surface area contributed by atoms with Crippen LogP contribution in [0.4, 0.5) is 0 Å². The summed E-state index contributed by atoms with van der Waals surface area (Å²) in [5.74, 6) is 0. The Kier molecular flexibility index (Phi) is 4.66. The molecular weight excluding hydrogens is 244 g/mol. The largest absolute Gasteiger partial charge is 0.431 e. The summed E-state index contributed by atoms with van der Waals surface area (Å²) in [7, 11) is 0. The summed E-state index contributed by atoms with van der Waals surface area (Å²) >= 11 is 1.68. The van der Waals surface area contributed by atoms with Crippen molar-refractivity contribution >= 4 is 22.9 Å². The summed E-state index contributed by atoms with van der Waals surface area (Å²) in [5.41, 5.74) is 1.80. The Morgan fingerprint density at radius 3 is 2.83 bits per heavy atom. The lowest BCUT2D eigenvalue weighted by molar-refractivity contribution is 0.486. The van der Waals surface area contributed by atoms with Crippen molar-refractivity contribution in [1.29, 1.82) is 0 Å². The molecule has 2 rings (SSSR count). The van der Waals surface area contributed by atoms with Crippen LogP contribution in [0, 0.1) is 0 Å². The number of rotatable bonds is 6. The van der Waals surface area contributed by atoms with E-state index >= 15 is 0 Å². The number of hydrogen-bond donors (Lipinski definition) is 1. The smallest absolute Gasteiger partial charge is 0.257 e. The molecule has 0 saturated carbocycles. The Morgan fingerprint density at radius 2 is 2.11 bits per heavy atom. The SMILES string of the molecule is CCC(C)NCC(C)Sc1nc2ccccc2o1. The van der Waals surface area contributed by atoms with Crippen molar-refractivity contribution < 1.29 is 4.42 Å². The van der Waals surface area contributed by atoms with Gasteiger partial charge in [-0.05, 0) is 25.5 Å². The molecular formula is C14H20N2OS. The van der Waals surface area contributed by atoms with Crippen LogP contribution in [0.15, 0.2) is 33.9 Å². The molecule has 0 saturated heterocycles. The van der Waals surface area contributed by atoms with E-state index in [9.17, 15) is 0 Å². The highest BCUT2D eigenvalue weighted by molar-refractivity contribution is 7.99. The maximum absolute atomic E-state index is 5.70. The number of nitrogens with one attached hydrogen (secondary N) is 1. The van der Waals surface area contributed by atoms with E-state index in [2.05, 4.69) is 31.1 Å². The third kappa shape index (κ3) is 3.50. The van der Waals surface area contributed by atoms with Crippen LogP contribution in [0.3, 0.4) is 0 Å². The van der Waals surface area contributed by atoms with Crippen molar-refractivity contribution in [3.05, 3.63) is 24.3 Å². The number of nitrogens with zero attached hydrogens (tertiary/aromatic N) is 1. The Labute approximate surface area is 112 Å². The normalized spacial score (nSPS) is 14.8. The monoisotopic (exact) mass is 264 g/mol.